The molecule has 0 saturated heterocycles. The summed E-state index contributed by atoms with van der Waals surface area (Å²) in [6.07, 6.45) is 20.8. The van der Waals surface area contributed by atoms with Gasteiger partial charge in [-0.2, -0.15) is 0 Å². The third-order valence-corrected chi connectivity index (χ3v) is 8.63. The second-order valence-corrected chi connectivity index (χ2v) is 11.9. The van der Waals surface area contributed by atoms with E-state index in [1.54, 1.807) is 0 Å². The van der Waals surface area contributed by atoms with Crippen LogP contribution in [-0.2, 0) is 13.7 Å². The van der Waals surface area contributed by atoms with Gasteiger partial charge >= 0.3 is 15.2 Å². The van der Waals surface area contributed by atoms with Crippen molar-refractivity contribution < 1.29 is 33.4 Å². The molecule has 2 atom stereocenters. The molecular formula is C20H53N3O7P2. The first-order valence-electron chi connectivity index (χ1n) is 11.4. The smallest absolute Gasteiger partial charge is 0.368 e. The average molecular weight is 510 g/mol. The van der Waals surface area contributed by atoms with Crippen LogP contribution in [0.25, 0.3) is 0 Å². The summed E-state index contributed by atoms with van der Waals surface area (Å²) in [5, 5.41) is 9.16. The zero-order valence-electron chi connectivity index (χ0n) is 20.3. The maximum Gasteiger partial charge on any atom is 0.368 e. The Hall–Kier alpha value is 0.140. The largest absolute Gasteiger partial charge is 0.370 e. The molecule has 200 valence electrons. The molecule has 13 N–H and O–H groups in total. The molecule has 0 aliphatic rings. The third kappa shape index (κ3) is 23.3. The van der Waals surface area contributed by atoms with Crippen molar-refractivity contribution >= 4 is 15.2 Å². The van der Waals surface area contributed by atoms with Crippen LogP contribution < -0.4 is 18.5 Å². The number of hydrogen-bond acceptors (Lipinski definition) is 7. The quantitative estimate of drug-likeness (QED) is 0.0632. The molecule has 0 rings (SSSR count). The Balaban J connectivity index is -0.00000131. The van der Waals surface area contributed by atoms with E-state index in [2.05, 4.69) is 11.4 Å². The molecule has 0 aliphatic carbocycles. The Bertz CT molecular complexity index is 482. The van der Waals surface area contributed by atoms with Crippen LogP contribution in [0.4, 0.5) is 0 Å². The van der Waals surface area contributed by atoms with Crippen molar-refractivity contribution in [1.29, 1.82) is 0 Å². The molecule has 0 aromatic heterocycles. The summed E-state index contributed by atoms with van der Waals surface area (Å²) in [6, 6.07) is 0. The Morgan fingerprint density at radius 2 is 0.875 bits per heavy atom. The fourth-order valence-electron chi connectivity index (χ4n) is 3.28. The number of hydrogen-bond donors (Lipinski definition) is 7. The Kier molecular flexibility index (Phi) is 29.9. The van der Waals surface area contributed by atoms with Gasteiger partial charge in [-0.1, -0.05) is 110 Å². The van der Waals surface area contributed by atoms with Gasteiger partial charge in [-0.3, -0.25) is 9.13 Å². The van der Waals surface area contributed by atoms with Crippen molar-refractivity contribution in [2.45, 2.75) is 122 Å². The second kappa shape index (κ2) is 24.3. The van der Waals surface area contributed by atoms with Gasteiger partial charge in [0.1, 0.15) is 0 Å². The summed E-state index contributed by atoms with van der Waals surface area (Å²) in [5.74, 6) is 0. The molecule has 10 nitrogen and oxygen atoms in total. The van der Waals surface area contributed by atoms with E-state index in [-0.39, 0.29) is 25.1 Å². The van der Waals surface area contributed by atoms with Gasteiger partial charge in [0.2, 0.25) is 0 Å². The van der Waals surface area contributed by atoms with Crippen molar-refractivity contribution in [3.8, 4) is 0 Å². The van der Waals surface area contributed by atoms with Crippen LogP contribution in [0.2, 0.25) is 0 Å². The maximum atomic E-state index is 11.5. The van der Waals surface area contributed by atoms with E-state index in [4.69, 9.17) is 14.9 Å². The molecule has 0 aromatic rings. The zero-order chi connectivity index (χ0) is 22.0. The molecule has 2 unspecified atom stereocenters. The topological polar surface area (TPSA) is 229 Å². The predicted octanol–water partition coefficient (Wildman–Crippen LogP) is 6.78. The third-order valence-electron chi connectivity index (χ3n) is 5.12. The Labute approximate surface area is 195 Å². The summed E-state index contributed by atoms with van der Waals surface area (Å²) >= 11 is 0. The molecule has 0 spiro atoms. The zero-order valence-corrected chi connectivity index (χ0v) is 22.1. The summed E-state index contributed by atoms with van der Waals surface area (Å²) in [5.41, 5.74) is -2.67. The van der Waals surface area contributed by atoms with Crippen LogP contribution in [0.5, 0.6) is 0 Å². The van der Waals surface area contributed by atoms with Gasteiger partial charge in [-0.05, 0) is 6.42 Å². The normalized spacial score (nSPS) is 13.9. The van der Waals surface area contributed by atoms with Crippen LogP contribution in [0.3, 0.4) is 0 Å². The highest BCUT2D eigenvalue weighted by Crippen LogP contribution is 2.61. The van der Waals surface area contributed by atoms with Crippen molar-refractivity contribution in [1.82, 2.24) is 18.5 Å². The average Bonchev–Trinajstić information content (AvgIpc) is 2.65. The lowest BCUT2D eigenvalue weighted by Crippen LogP contribution is -2.10. The Morgan fingerprint density at radius 1 is 0.594 bits per heavy atom. The fraction of sp³-hybridized carbons (Fsp3) is 1.00. The SMILES string of the molecule is CCCCCCCCCCCCCCCCCCCOP(=O)(O)C(O)P(=O)(O)O.N.N.N. The minimum absolute atomic E-state index is 0. The molecule has 0 fully saturated rings. The highest BCUT2D eigenvalue weighted by Gasteiger charge is 2.44. The van der Waals surface area contributed by atoms with E-state index < -0.39 is 20.8 Å². The maximum absolute atomic E-state index is 11.5. The second-order valence-electron chi connectivity index (χ2n) is 7.99. The molecule has 0 aliphatic heterocycles. The van der Waals surface area contributed by atoms with Crippen molar-refractivity contribution in [2.75, 3.05) is 6.61 Å². The first-order valence-corrected chi connectivity index (χ1v) is 14.7. The summed E-state index contributed by atoms with van der Waals surface area (Å²) in [6.45, 7) is 2.16. The first-order chi connectivity index (χ1) is 13.7. The van der Waals surface area contributed by atoms with Crippen molar-refractivity contribution in [2.24, 2.45) is 0 Å². The lowest BCUT2D eigenvalue weighted by atomic mass is 10.0. The van der Waals surface area contributed by atoms with Gasteiger partial charge in [0.25, 0.3) is 5.59 Å². The van der Waals surface area contributed by atoms with Crippen molar-refractivity contribution in [3.05, 3.63) is 0 Å². The van der Waals surface area contributed by atoms with Gasteiger partial charge in [0.15, 0.2) is 0 Å². The van der Waals surface area contributed by atoms with E-state index in [0.717, 1.165) is 19.3 Å². The summed E-state index contributed by atoms with van der Waals surface area (Å²) < 4.78 is 26.9. The van der Waals surface area contributed by atoms with E-state index in [0.29, 0.717) is 6.42 Å². The lowest BCUT2D eigenvalue weighted by molar-refractivity contribution is 0.186. The monoisotopic (exact) mass is 509 g/mol. The summed E-state index contributed by atoms with van der Waals surface area (Å²) in [7, 11) is -9.76. The summed E-state index contributed by atoms with van der Waals surface area (Å²) in [4.78, 5) is 26.8. The van der Waals surface area contributed by atoms with Crippen LogP contribution in [-0.4, -0.2) is 32.0 Å². The van der Waals surface area contributed by atoms with Gasteiger partial charge in [-0.25, -0.2) is 0 Å². The van der Waals surface area contributed by atoms with Crippen LogP contribution >= 0.6 is 15.2 Å². The number of unbranched alkanes of at least 4 members (excludes halogenated alkanes) is 16. The molecule has 12 heteroatoms. The minimum Gasteiger partial charge on any atom is -0.370 e. The molecule has 0 aromatic carbocycles. The van der Waals surface area contributed by atoms with E-state index in [9.17, 15) is 14.0 Å². The highest BCUT2D eigenvalue weighted by atomic mass is 31.2. The molecule has 0 saturated carbocycles. The molecular weight excluding hydrogens is 456 g/mol. The Morgan fingerprint density at radius 3 is 1.16 bits per heavy atom. The van der Waals surface area contributed by atoms with E-state index in [1.807, 2.05) is 0 Å². The number of aliphatic hydroxyl groups is 1. The van der Waals surface area contributed by atoms with Gasteiger partial charge < -0.3 is 42.8 Å². The fourth-order valence-corrected chi connectivity index (χ4v) is 5.52. The van der Waals surface area contributed by atoms with Gasteiger partial charge in [-0.15, -0.1) is 0 Å². The minimum atomic E-state index is -5.05. The van der Waals surface area contributed by atoms with E-state index in [1.165, 1.54) is 83.5 Å². The molecule has 0 amide bonds. The van der Waals surface area contributed by atoms with Crippen molar-refractivity contribution in [3.63, 3.8) is 0 Å². The predicted molar refractivity (Wildman–Crippen MR) is 133 cm³/mol. The molecule has 32 heavy (non-hydrogen) atoms. The molecule has 0 bridgehead atoms. The number of rotatable bonds is 21. The lowest BCUT2D eigenvalue weighted by Gasteiger charge is -2.18. The van der Waals surface area contributed by atoms with Gasteiger partial charge in [0, 0.05) is 0 Å². The standard InChI is InChI=1S/C20H44O7P2.3H3N/c1-2-3-4-5-6-7-8-9-10-11-12-13-14-15-16-17-18-19-27-29(25,26)20(21)28(22,23)24;;;/h20-21H,2-19H2,1H3,(H,25,26)(H2,22,23,24);3*1H3. The molecule has 0 radical (unpaired) electrons. The van der Waals surface area contributed by atoms with E-state index >= 15 is 0 Å². The van der Waals surface area contributed by atoms with Crippen LogP contribution in [0, 0.1) is 0 Å². The molecule has 0 heterocycles. The first kappa shape index (κ1) is 39.4. The van der Waals surface area contributed by atoms with Crippen LogP contribution in [0.1, 0.15) is 116 Å². The van der Waals surface area contributed by atoms with Gasteiger partial charge in [0.05, 0.1) is 6.61 Å². The highest BCUT2D eigenvalue weighted by molar-refractivity contribution is 7.70. The van der Waals surface area contributed by atoms with Crippen LogP contribution in [0.15, 0.2) is 0 Å². The number of aliphatic hydroxyl groups excluding tert-OH is 1.